The summed E-state index contributed by atoms with van der Waals surface area (Å²) >= 11 is 0. The summed E-state index contributed by atoms with van der Waals surface area (Å²) in [6.07, 6.45) is 0.732. The van der Waals surface area contributed by atoms with E-state index >= 15 is 0 Å². The number of hydrogen-bond donors (Lipinski definition) is 1. The third kappa shape index (κ3) is 3.17. The normalized spacial score (nSPS) is 28.4. The number of halogens is 2. The maximum Gasteiger partial charge on any atom is 0.248 e. The smallest absolute Gasteiger partial charge is 0.248 e. The molecule has 2 fully saturated rings. The van der Waals surface area contributed by atoms with Crippen LogP contribution in [-0.2, 0) is 9.59 Å². The van der Waals surface area contributed by atoms with Crippen molar-refractivity contribution in [3.05, 3.63) is 0 Å². The van der Waals surface area contributed by atoms with Gasteiger partial charge in [-0.1, -0.05) is 0 Å². The van der Waals surface area contributed by atoms with Crippen LogP contribution in [0.25, 0.3) is 0 Å². The summed E-state index contributed by atoms with van der Waals surface area (Å²) < 4.78 is 26.6. The summed E-state index contributed by atoms with van der Waals surface area (Å²) in [6.45, 7) is 1.17. The standard InChI is InChI=1S/C12H18F2N2O2/c13-12(14)4-1-2-9(8-12)11(18)16-6-3-10(17)15-5-7-16/h9H,1-8H2,(H,15,17). The first-order valence-electron chi connectivity index (χ1n) is 6.41. The van der Waals surface area contributed by atoms with Crippen LogP contribution < -0.4 is 5.32 Å². The van der Waals surface area contributed by atoms with E-state index in [4.69, 9.17) is 0 Å². The van der Waals surface area contributed by atoms with E-state index in [-0.39, 0.29) is 31.1 Å². The molecule has 2 amide bonds. The van der Waals surface area contributed by atoms with Gasteiger partial charge in [0.05, 0.1) is 0 Å². The zero-order valence-corrected chi connectivity index (χ0v) is 10.3. The number of hydrogen-bond acceptors (Lipinski definition) is 2. The van der Waals surface area contributed by atoms with Crippen molar-refractivity contribution in [1.29, 1.82) is 0 Å². The number of carbonyl (C=O) groups excluding carboxylic acids is 2. The lowest BCUT2D eigenvalue weighted by atomic mass is 9.85. The number of alkyl halides is 2. The van der Waals surface area contributed by atoms with E-state index in [0.717, 1.165) is 0 Å². The van der Waals surface area contributed by atoms with E-state index in [2.05, 4.69) is 5.32 Å². The molecule has 2 rings (SSSR count). The first-order valence-corrected chi connectivity index (χ1v) is 6.41. The zero-order chi connectivity index (χ0) is 13.2. The van der Waals surface area contributed by atoms with Crippen molar-refractivity contribution in [2.75, 3.05) is 19.6 Å². The summed E-state index contributed by atoms with van der Waals surface area (Å²) in [7, 11) is 0. The Balaban J connectivity index is 1.95. The average Bonchev–Trinajstić information content (AvgIpc) is 2.52. The molecule has 0 aromatic heterocycles. The highest BCUT2D eigenvalue weighted by Gasteiger charge is 2.40. The molecule has 18 heavy (non-hydrogen) atoms. The molecular formula is C12H18F2N2O2. The molecule has 0 bridgehead atoms. The fourth-order valence-electron chi connectivity index (χ4n) is 2.63. The highest BCUT2D eigenvalue weighted by molar-refractivity contribution is 5.81. The van der Waals surface area contributed by atoms with E-state index in [1.54, 1.807) is 4.90 Å². The van der Waals surface area contributed by atoms with Gasteiger partial charge in [0.1, 0.15) is 0 Å². The fraction of sp³-hybridized carbons (Fsp3) is 0.833. The Kier molecular flexibility index (Phi) is 3.82. The van der Waals surface area contributed by atoms with E-state index in [1.165, 1.54) is 0 Å². The first kappa shape index (κ1) is 13.2. The van der Waals surface area contributed by atoms with Gasteiger partial charge in [-0.15, -0.1) is 0 Å². The number of carbonyl (C=O) groups is 2. The Morgan fingerprint density at radius 3 is 2.89 bits per heavy atom. The van der Waals surface area contributed by atoms with Crippen LogP contribution in [0, 0.1) is 5.92 Å². The van der Waals surface area contributed by atoms with Gasteiger partial charge in [-0.3, -0.25) is 9.59 Å². The summed E-state index contributed by atoms with van der Waals surface area (Å²) in [5, 5.41) is 2.67. The lowest BCUT2D eigenvalue weighted by Crippen LogP contribution is -2.42. The molecule has 6 heteroatoms. The highest BCUT2D eigenvalue weighted by Crippen LogP contribution is 2.37. The molecule has 0 aromatic rings. The van der Waals surface area contributed by atoms with Crippen molar-refractivity contribution in [2.24, 2.45) is 5.92 Å². The van der Waals surface area contributed by atoms with Crippen molar-refractivity contribution in [1.82, 2.24) is 10.2 Å². The third-order valence-corrected chi connectivity index (χ3v) is 3.61. The summed E-state index contributed by atoms with van der Waals surface area (Å²) in [5.41, 5.74) is 0. The summed E-state index contributed by atoms with van der Waals surface area (Å²) in [4.78, 5) is 24.9. The van der Waals surface area contributed by atoms with Gasteiger partial charge in [0, 0.05) is 44.8 Å². The fourth-order valence-corrected chi connectivity index (χ4v) is 2.63. The Morgan fingerprint density at radius 2 is 2.17 bits per heavy atom. The second-order valence-electron chi connectivity index (χ2n) is 5.07. The van der Waals surface area contributed by atoms with Crippen molar-refractivity contribution in [2.45, 2.75) is 38.0 Å². The number of rotatable bonds is 1. The van der Waals surface area contributed by atoms with E-state index < -0.39 is 11.8 Å². The molecule has 1 aliphatic heterocycles. The van der Waals surface area contributed by atoms with Crippen LogP contribution in [0.4, 0.5) is 8.78 Å². The van der Waals surface area contributed by atoms with Crippen LogP contribution in [-0.4, -0.2) is 42.3 Å². The van der Waals surface area contributed by atoms with Crippen molar-refractivity contribution >= 4 is 11.8 Å². The third-order valence-electron chi connectivity index (χ3n) is 3.61. The minimum Gasteiger partial charge on any atom is -0.354 e. The molecule has 0 radical (unpaired) electrons. The molecule has 102 valence electrons. The van der Waals surface area contributed by atoms with Gasteiger partial charge in [0.25, 0.3) is 0 Å². The predicted octanol–water partition coefficient (Wildman–Crippen LogP) is 1.16. The van der Waals surface area contributed by atoms with Gasteiger partial charge >= 0.3 is 0 Å². The van der Waals surface area contributed by atoms with Crippen molar-refractivity contribution < 1.29 is 18.4 Å². The van der Waals surface area contributed by atoms with Gasteiger partial charge in [-0.05, 0) is 12.8 Å². The lowest BCUT2D eigenvalue weighted by Gasteiger charge is -2.31. The van der Waals surface area contributed by atoms with Crippen LogP contribution in [0.3, 0.4) is 0 Å². The molecule has 1 saturated heterocycles. The number of amides is 2. The lowest BCUT2D eigenvalue weighted by molar-refractivity contribution is -0.142. The molecule has 0 spiro atoms. The second kappa shape index (κ2) is 5.20. The van der Waals surface area contributed by atoms with Gasteiger partial charge < -0.3 is 10.2 Å². The summed E-state index contributed by atoms with van der Waals surface area (Å²) in [5.74, 6) is -3.59. The zero-order valence-electron chi connectivity index (χ0n) is 10.3. The van der Waals surface area contributed by atoms with Crippen LogP contribution in [0.15, 0.2) is 0 Å². The van der Waals surface area contributed by atoms with Crippen LogP contribution >= 0.6 is 0 Å². The number of nitrogens with one attached hydrogen (secondary N) is 1. The molecule has 1 saturated carbocycles. The van der Waals surface area contributed by atoms with Crippen molar-refractivity contribution in [3.63, 3.8) is 0 Å². The molecule has 1 heterocycles. The van der Waals surface area contributed by atoms with E-state index in [9.17, 15) is 18.4 Å². The topological polar surface area (TPSA) is 49.4 Å². The molecule has 1 unspecified atom stereocenters. The van der Waals surface area contributed by atoms with Crippen molar-refractivity contribution in [3.8, 4) is 0 Å². The van der Waals surface area contributed by atoms with E-state index in [0.29, 0.717) is 32.5 Å². The van der Waals surface area contributed by atoms with Crippen LogP contribution in [0.2, 0.25) is 0 Å². The molecule has 1 aliphatic carbocycles. The minimum atomic E-state index is -2.71. The molecule has 4 nitrogen and oxygen atoms in total. The number of nitrogens with zero attached hydrogens (tertiary/aromatic N) is 1. The Bertz CT molecular complexity index is 347. The molecule has 1 N–H and O–H groups in total. The average molecular weight is 260 g/mol. The quantitative estimate of drug-likeness (QED) is 0.769. The predicted molar refractivity (Wildman–Crippen MR) is 61.1 cm³/mol. The van der Waals surface area contributed by atoms with Crippen LogP contribution in [0.1, 0.15) is 32.1 Å². The Morgan fingerprint density at radius 1 is 1.39 bits per heavy atom. The molecule has 0 aromatic carbocycles. The molecule has 2 aliphatic rings. The molecule has 1 atom stereocenters. The van der Waals surface area contributed by atoms with Gasteiger partial charge in [0.15, 0.2) is 0 Å². The maximum absolute atomic E-state index is 13.3. The SMILES string of the molecule is O=C1CCN(C(=O)C2CCCC(F)(F)C2)CCN1. The van der Waals surface area contributed by atoms with Gasteiger partial charge in [-0.2, -0.15) is 0 Å². The highest BCUT2D eigenvalue weighted by atomic mass is 19.3. The second-order valence-corrected chi connectivity index (χ2v) is 5.07. The van der Waals surface area contributed by atoms with E-state index in [1.807, 2.05) is 0 Å². The maximum atomic E-state index is 13.3. The Labute approximate surface area is 105 Å². The minimum absolute atomic E-state index is 0.0840. The largest absolute Gasteiger partial charge is 0.354 e. The van der Waals surface area contributed by atoms with Gasteiger partial charge in [-0.25, -0.2) is 8.78 Å². The molecular weight excluding hydrogens is 242 g/mol. The Hall–Kier alpha value is -1.20. The summed E-state index contributed by atoms with van der Waals surface area (Å²) in [6, 6.07) is 0. The first-order chi connectivity index (χ1) is 8.48. The van der Waals surface area contributed by atoms with Crippen LogP contribution in [0.5, 0.6) is 0 Å². The van der Waals surface area contributed by atoms with Gasteiger partial charge in [0.2, 0.25) is 17.7 Å². The monoisotopic (exact) mass is 260 g/mol.